The topological polar surface area (TPSA) is 159 Å². The predicted molar refractivity (Wildman–Crippen MR) is 138 cm³/mol. The van der Waals surface area contributed by atoms with Gasteiger partial charge in [-0.25, -0.2) is 18.8 Å². The highest BCUT2D eigenvalue weighted by molar-refractivity contribution is 5.81. The zero-order valence-corrected chi connectivity index (χ0v) is 22.2. The molecular weight excluding hydrogens is 545 g/mol. The lowest BCUT2D eigenvalue weighted by atomic mass is 9.89. The number of aldehydes is 1. The van der Waals surface area contributed by atoms with Crippen molar-refractivity contribution in [3.8, 4) is 17.0 Å². The molecule has 2 unspecified atom stereocenters. The van der Waals surface area contributed by atoms with Crippen LogP contribution in [0.4, 0.5) is 13.2 Å². The Kier molecular flexibility index (Phi) is 7.07. The van der Waals surface area contributed by atoms with Crippen molar-refractivity contribution in [2.24, 2.45) is 5.73 Å². The van der Waals surface area contributed by atoms with E-state index in [0.29, 0.717) is 23.1 Å². The monoisotopic (exact) mass is 572 g/mol. The van der Waals surface area contributed by atoms with Crippen molar-refractivity contribution in [1.82, 2.24) is 24.5 Å². The number of carbonyl (C=O) groups excluding carboxylic acids is 1. The molecule has 1 aliphatic rings. The maximum absolute atomic E-state index is 14.9. The Balaban J connectivity index is 1.72. The molecule has 11 nitrogen and oxygen atoms in total. The van der Waals surface area contributed by atoms with Crippen LogP contribution in [0, 0.1) is 5.82 Å². The summed E-state index contributed by atoms with van der Waals surface area (Å²) < 4.78 is 47.7. The third-order valence-electron chi connectivity index (χ3n) is 7.15. The van der Waals surface area contributed by atoms with E-state index in [1.807, 2.05) is 0 Å². The van der Waals surface area contributed by atoms with E-state index in [1.54, 1.807) is 19.9 Å². The molecule has 0 bridgehead atoms. The summed E-state index contributed by atoms with van der Waals surface area (Å²) >= 11 is 0. The van der Waals surface area contributed by atoms with Crippen LogP contribution >= 0.6 is 0 Å². The molecule has 0 aliphatic heterocycles. The minimum Gasteiger partial charge on any atom is -0.434 e. The number of ether oxygens (including phenoxy) is 1. The zero-order valence-electron chi connectivity index (χ0n) is 22.2. The van der Waals surface area contributed by atoms with Crippen LogP contribution in [-0.4, -0.2) is 65.8 Å². The molecule has 0 saturated heterocycles. The number of benzene rings is 1. The second-order valence-electron chi connectivity index (χ2n) is 10.4. The molecule has 5 rings (SSSR count). The summed E-state index contributed by atoms with van der Waals surface area (Å²) in [6.45, 7) is 0.0517. The van der Waals surface area contributed by atoms with Crippen molar-refractivity contribution in [2.45, 2.75) is 50.5 Å². The Labute approximate surface area is 231 Å². The van der Waals surface area contributed by atoms with Crippen LogP contribution in [-0.2, 0) is 5.54 Å². The Hall–Kier alpha value is -3.95. The summed E-state index contributed by atoms with van der Waals surface area (Å²) in [5.74, 6) is -1.74. The van der Waals surface area contributed by atoms with E-state index in [4.69, 9.17) is 10.5 Å². The van der Waals surface area contributed by atoms with Crippen molar-refractivity contribution in [2.75, 3.05) is 7.05 Å². The van der Waals surface area contributed by atoms with E-state index in [-0.39, 0.29) is 40.3 Å². The minimum absolute atomic E-state index is 0.0130. The van der Waals surface area contributed by atoms with Gasteiger partial charge in [0.05, 0.1) is 28.7 Å². The van der Waals surface area contributed by atoms with Crippen LogP contribution in [0.1, 0.15) is 65.1 Å². The highest BCUT2D eigenvalue weighted by atomic mass is 19.3. The van der Waals surface area contributed by atoms with Gasteiger partial charge < -0.3 is 25.8 Å². The average Bonchev–Trinajstić information content (AvgIpc) is 3.43. The lowest BCUT2D eigenvalue weighted by Gasteiger charge is -2.31. The number of halogens is 3. The van der Waals surface area contributed by atoms with Gasteiger partial charge in [-0.2, -0.15) is 13.9 Å². The van der Waals surface area contributed by atoms with Crippen LogP contribution in [0.15, 0.2) is 42.7 Å². The van der Waals surface area contributed by atoms with Gasteiger partial charge in [0.2, 0.25) is 0 Å². The van der Waals surface area contributed by atoms with Gasteiger partial charge in [0.25, 0.3) is 0 Å². The number of aromatic nitrogens is 4. The summed E-state index contributed by atoms with van der Waals surface area (Å²) in [6, 6.07) is 5.97. The SMILES string of the molecule is CN(C1CC(c2c(C=O)cccc2OC(F)F)c2c1nn1ccc(-c3cnc(C(C)(C)N)c(F)c3)nc21)C(O)(O)O. The summed E-state index contributed by atoms with van der Waals surface area (Å²) in [5, 5.41) is 34.3. The van der Waals surface area contributed by atoms with Crippen molar-refractivity contribution in [1.29, 1.82) is 0 Å². The molecule has 4 aromatic rings. The van der Waals surface area contributed by atoms with Crippen LogP contribution in [0.2, 0.25) is 0 Å². The lowest BCUT2D eigenvalue weighted by Crippen LogP contribution is -2.47. The van der Waals surface area contributed by atoms with Gasteiger partial charge in [-0.1, -0.05) is 12.1 Å². The fourth-order valence-electron chi connectivity index (χ4n) is 5.26. The molecule has 2 atom stereocenters. The van der Waals surface area contributed by atoms with Crippen LogP contribution in [0.5, 0.6) is 5.75 Å². The number of aliphatic hydroxyl groups is 3. The first-order valence-corrected chi connectivity index (χ1v) is 12.5. The Morgan fingerprint density at radius 1 is 1.22 bits per heavy atom. The van der Waals surface area contributed by atoms with E-state index < -0.39 is 36.0 Å². The fraction of sp³-hybridized carbons (Fsp3) is 0.333. The lowest BCUT2D eigenvalue weighted by molar-refractivity contribution is -0.396. The van der Waals surface area contributed by atoms with Gasteiger partial charge in [0.15, 0.2) is 5.65 Å². The number of nitrogens with zero attached hydrogens (tertiary/aromatic N) is 5. The number of hydrogen-bond donors (Lipinski definition) is 4. The number of alkyl halides is 2. The first-order chi connectivity index (χ1) is 19.2. The van der Waals surface area contributed by atoms with Gasteiger partial charge in [0.1, 0.15) is 17.9 Å². The molecule has 5 N–H and O–H groups in total. The highest BCUT2D eigenvalue weighted by Gasteiger charge is 2.45. The smallest absolute Gasteiger partial charge is 0.387 e. The summed E-state index contributed by atoms with van der Waals surface area (Å²) in [7, 11) is 1.23. The predicted octanol–water partition coefficient (Wildman–Crippen LogP) is 2.63. The molecule has 3 heterocycles. The molecule has 0 spiro atoms. The van der Waals surface area contributed by atoms with E-state index in [1.165, 1.54) is 48.2 Å². The first kappa shape index (κ1) is 28.6. The van der Waals surface area contributed by atoms with Crippen molar-refractivity contribution < 1.29 is 38.0 Å². The standard InChI is InChI=1S/C27H27F3N6O5/c1-26(2,31)23-16(28)9-14(11-32-23)17-7-8-36-24(33-17)21-15(10-18(22(21)34-36)35(3)27(38,39)40)20-13(12-37)5-4-6-19(20)41-25(29)30/h4-9,11-12,15,18,25,38-40H,10,31H2,1-3H3. The molecule has 216 valence electrons. The summed E-state index contributed by atoms with van der Waals surface area (Å²) in [6.07, 6.45) is 0.193. The third kappa shape index (κ3) is 5.15. The Bertz CT molecular complexity index is 1630. The van der Waals surface area contributed by atoms with Gasteiger partial charge in [-0.05, 0) is 45.5 Å². The van der Waals surface area contributed by atoms with Crippen molar-refractivity contribution in [3.63, 3.8) is 0 Å². The fourth-order valence-corrected chi connectivity index (χ4v) is 5.26. The number of fused-ring (bicyclic) bond motifs is 3. The van der Waals surface area contributed by atoms with Crippen LogP contribution in [0.3, 0.4) is 0 Å². The minimum atomic E-state index is -3.25. The second-order valence-corrected chi connectivity index (χ2v) is 10.4. The maximum atomic E-state index is 14.9. The van der Waals surface area contributed by atoms with Gasteiger partial charge in [0, 0.05) is 40.6 Å². The summed E-state index contributed by atoms with van der Waals surface area (Å²) in [4.78, 5) is 21.7. The Morgan fingerprint density at radius 3 is 2.56 bits per heavy atom. The first-order valence-electron chi connectivity index (χ1n) is 12.5. The molecule has 14 heteroatoms. The highest BCUT2D eigenvalue weighted by Crippen LogP contribution is 2.51. The molecule has 3 aromatic heterocycles. The van der Waals surface area contributed by atoms with Crippen LogP contribution in [0.25, 0.3) is 16.9 Å². The van der Waals surface area contributed by atoms with E-state index in [2.05, 4.69) is 15.1 Å². The number of nitrogens with two attached hydrogens (primary N) is 1. The molecule has 1 aromatic carbocycles. The van der Waals surface area contributed by atoms with Gasteiger partial charge in [-0.15, -0.1) is 0 Å². The van der Waals surface area contributed by atoms with Crippen molar-refractivity contribution in [3.05, 3.63) is 76.6 Å². The third-order valence-corrected chi connectivity index (χ3v) is 7.15. The quantitative estimate of drug-likeness (QED) is 0.183. The van der Waals surface area contributed by atoms with E-state index >= 15 is 0 Å². The molecule has 41 heavy (non-hydrogen) atoms. The number of hydrogen-bond acceptors (Lipinski definition) is 10. The summed E-state index contributed by atoms with van der Waals surface area (Å²) in [5.41, 5.74) is 6.70. The van der Waals surface area contributed by atoms with Crippen LogP contribution < -0.4 is 10.5 Å². The molecule has 0 saturated carbocycles. The number of carbonyl (C=O) groups is 1. The average molecular weight is 573 g/mol. The zero-order chi connectivity index (χ0) is 29.9. The van der Waals surface area contributed by atoms with Gasteiger partial charge >= 0.3 is 12.7 Å². The normalized spacial score (nSPS) is 17.5. The maximum Gasteiger partial charge on any atom is 0.387 e. The van der Waals surface area contributed by atoms with Crippen molar-refractivity contribution >= 4 is 11.9 Å². The molecule has 1 aliphatic carbocycles. The van der Waals surface area contributed by atoms with Gasteiger partial charge in [-0.3, -0.25) is 9.78 Å². The molecule has 0 radical (unpaired) electrons. The number of rotatable bonds is 8. The molecule has 0 amide bonds. The molecule has 0 fully saturated rings. The van der Waals surface area contributed by atoms with E-state index in [0.717, 1.165) is 4.90 Å². The Morgan fingerprint density at radius 2 is 1.95 bits per heavy atom. The number of pyridine rings is 1. The second kappa shape index (κ2) is 10.2. The van der Waals surface area contributed by atoms with E-state index in [9.17, 15) is 33.3 Å². The largest absolute Gasteiger partial charge is 0.434 e. The molecular formula is C27H27F3N6O5.